The van der Waals surface area contributed by atoms with Gasteiger partial charge in [0.2, 0.25) is 0 Å². The third kappa shape index (κ3) is 4.00. The topological polar surface area (TPSA) is 29.5 Å². The van der Waals surface area contributed by atoms with Gasteiger partial charge in [-0.05, 0) is 37.0 Å². The van der Waals surface area contributed by atoms with Crippen LogP contribution in [-0.4, -0.2) is 37.1 Å². The van der Waals surface area contributed by atoms with Crippen LogP contribution in [0.5, 0.6) is 0 Å². The summed E-state index contributed by atoms with van der Waals surface area (Å²) in [6, 6.07) is 7.09. The second-order valence-corrected chi connectivity index (χ2v) is 5.40. The molecule has 0 N–H and O–H groups in total. The summed E-state index contributed by atoms with van der Waals surface area (Å²) in [7, 11) is 0. The van der Waals surface area contributed by atoms with Gasteiger partial charge in [-0.3, -0.25) is 4.79 Å². The minimum Gasteiger partial charge on any atom is -0.369 e. The van der Waals surface area contributed by atoms with E-state index in [9.17, 15) is 4.79 Å². The first-order valence-electron chi connectivity index (χ1n) is 6.76. The zero-order chi connectivity index (χ0) is 14.4. The fraction of sp³-hybridized carbons (Fsp3) is 0.438. The third-order valence-electron chi connectivity index (χ3n) is 3.51. The molecule has 0 radical (unpaired) electrons. The highest BCUT2D eigenvalue weighted by molar-refractivity contribution is 6.30. The van der Waals surface area contributed by atoms with Crippen LogP contribution in [0.1, 0.15) is 23.2 Å². The maximum absolute atomic E-state index is 12.3. The monoisotopic (exact) mass is 291 g/mol. The van der Waals surface area contributed by atoms with Gasteiger partial charge in [0.15, 0.2) is 0 Å². The summed E-state index contributed by atoms with van der Waals surface area (Å²) in [4.78, 5) is 14.2. The van der Waals surface area contributed by atoms with E-state index in [2.05, 4.69) is 5.92 Å². The largest absolute Gasteiger partial charge is 0.369 e. The minimum absolute atomic E-state index is 0.0514. The maximum atomic E-state index is 12.3. The number of halogens is 1. The summed E-state index contributed by atoms with van der Waals surface area (Å²) in [6.45, 7) is 2.57. The fourth-order valence-corrected chi connectivity index (χ4v) is 2.58. The Balaban J connectivity index is 1.84. The molecular weight excluding hydrogens is 274 g/mol. The molecule has 20 heavy (non-hydrogen) atoms. The summed E-state index contributed by atoms with van der Waals surface area (Å²) in [6.07, 6.45) is 7.05. The molecule has 0 atom stereocenters. The van der Waals surface area contributed by atoms with Gasteiger partial charge in [0.05, 0.1) is 6.61 Å². The first-order valence-corrected chi connectivity index (χ1v) is 7.14. The van der Waals surface area contributed by atoms with Crippen LogP contribution in [0.25, 0.3) is 0 Å². The first-order chi connectivity index (χ1) is 9.70. The summed E-state index contributed by atoms with van der Waals surface area (Å²) in [5.41, 5.74) is 0.652. The number of terminal acetylenes is 1. The van der Waals surface area contributed by atoms with E-state index < -0.39 is 0 Å². The second-order valence-electron chi connectivity index (χ2n) is 4.97. The lowest BCUT2D eigenvalue weighted by atomic mass is 9.97. The zero-order valence-corrected chi connectivity index (χ0v) is 12.1. The van der Waals surface area contributed by atoms with Crippen LogP contribution in [-0.2, 0) is 4.74 Å². The van der Waals surface area contributed by atoms with Gasteiger partial charge < -0.3 is 9.64 Å². The molecule has 1 aromatic rings. The number of rotatable bonds is 4. The second kappa shape index (κ2) is 7.33. The molecular formula is C16H18ClNO2. The Kier molecular flexibility index (Phi) is 5.46. The van der Waals surface area contributed by atoms with Crippen LogP contribution in [0.2, 0.25) is 5.02 Å². The lowest BCUT2D eigenvalue weighted by Crippen LogP contribution is -2.39. The Bertz CT molecular complexity index is 501. The Labute approximate surface area is 124 Å². The number of benzene rings is 1. The SMILES string of the molecule is C#CCOCC1CCN(C(=O)c2cccc(Cl)c2)CC1. The molecule has 1 heterocycles. The number of ether oxygens (including phenoxy) is 1. The predicted octanol–water partition coefficient (Wildman–Crippen LogP) is 2.84. The highest BCUT2D eigenvalue weighted by Gasteiger charge is 2.23. The normalized spacial score (nSPS) is 15.9. The number of hydrogen-bond acceptors (Lipinski definition) is 2. The van der Waals surface area contributed by atoms with Gasteiger partial charge in [0, 0.05) is 23.7 Å². The Morgan fingerprint density at radius 1 is 1.45 bits per heavy atom. The van der Waals surface area contributed by atoms with E-state index in [4.69, 9.17) is 22.8 Å². The minimum atomic E-state index is 0.0514. The van der Waals surface area contributed by atoms with Gasteiger partial charge in [0.25, 0.3) is 5.91 Å². The van der Waals surface area contributed by atoms with Crippen LogP contribution in [0.3, 0.4) is 0 Å². The molecule has 0 aliphatic carbocycles. The molecule has 3 nitrogen and oxygen atoms in total. The molecule has 1 aliphatic rings. The number of amides is 1. The van der Waals surface area contributed by atoms with Crippen LogP contribution >= 0.6 is 11.6 Å². The van der Waals surface area contributed by atoms with Crippen molar-refractivity contribution in [2.75, 3.05) is 26.3 Å². The van der Waals surface area contributed by atoms with Crippen molar-refractivity contribution < 1.29 is 9.53 Å². The standard InChI is InChI=1S/C16H18ClNO2/c1-2-10-20-12-13-6-8-18(9-7-13)16(19)14-4-3-5-15(17)11-14/h1,3-5,11,13H,6-10,12H2. The van der Waals surface area contributed by atoms with Crippen molar-refractivity contribution in [1.29, 1.82) is 0 Å². The van der Waals surface area contributed by atoms with E-state index in [-0.39, 0.29) is 5.91 Å². The fourth-order valence-electron chi connectivity index (χ4n) is 2.39. The quantitative estimate of drug-likeness (QED) is 0.631. The Morgan fingerprint density at radius 3 is 2.85 bits per heavy atom. The van der Waals surface area contributed by atoms with Crippen LogP contribution in [0.15, 0.2) is 24.3 Å². The van der Waals surface area contributed by atoms with Gasteiger partial charge in [0.1, 0.15) is 6.61 Å². The third-order valence-corrected chi connectivity index (χ3v) is 3.75. The molecule has 1 aromatic carbocycles. The first kappa shape index (κ1) is 14.9. The average molecular weight is 292 g/mol. The molecule has 4 heteroatoms. The summed E-state index contributed by atoms with van der Waals surface area (Å²) >= 11 is 5.92. The molecule has 0 saturated carbocycles. The van der Waals surface area contributed by atoms with Crippen molar-refractivity contribution in [3.8, 4) is 12.3 Å². The molecule has 1 aliphatic heterocycles. The Morgan fingerprint density at radius 2 is 2.20 bits per heavy atom. The van der Waals surface area contributed by atoms with Gasteiger partial charge in [-0.2, -0.15) is 0 Å². The van der Waals surface area contributed by atoms with E-state index in [0.717, 1.165) is 25.9 Å². The van der Waals surface area contributed by atoms with Crippen LogP contribution < -0.4 is 0 Å². The van der Waals surface area contributed by atoms with E-state index in [1.165, 1.54) is 0 Å². The van der Waals surface area contributed by atoms with E-state index in [0.29, 0.717) is 29.7 Å². The van der Waals surface area contributed by atoms with Crippen molar-refractivity contribution in [1.82, 2.24) is 4.90 Å². The summed E-state index contributed by atoms with van der Waals surface area (Å²) in [5.74, 6) is 3.01. The number of likely N-dealkylation sites (tertiary alicyclic amines) is 1. The molecule has 0 spiro atoms. The number of piperidine rings is 1. The molecule has 0 unspecified atom stereocenters. The van der Waals surface area contributed by atoms with E-state index in [1.54, 1.807) is 24.3 Å². The summed E-state index contributed by atoms with van der Waals surface area (Å²) in [5, 5.41) is 0.591. The van der Waals surface area contributed by atoms with Gasteiger partial charge in [-0.25, -0.2) is 0 Å². The molecule has 0 bridgehead atoms. The molecule has 1 amide bonds. The van der Waals surface area contributed by atoms with Crippen molar-refractivity contribution >= 4 is 17.5 Å². The van der Waals surface area contributed by atoms with Crippen molar-refractivity contribution in [3.05, 3.63) is 34.9 Å². The molecule has 1 fully saturated rings. The number of carbonyl (C=O) groups is 1. The van der Waals surface area contributed by atoms with Crippen molar-refractivity contribution in [3.63, 3.8) is 0 Å². The van der Waals surface area contributed by atoms with Gasteiger partial charge in [-0.1, -0.05) is 23.6 Å². The van der Waals surface area contributed by atoms with Crippen LogP contribution in [0.4, 0.5) is 0 Å². The maximum Gasteiger partial charge on any atom is 0.253 e. The van der Waals surface area contributed by atoms with Crippen LogP contribution in [0, 0.1) is 18.3 Å². The van der Waals surface area contributed by atoms with Gasteiger partial charge in [-0.15, -0.1) is 6.42 Å². The molecule has 0 aromatic heterocycles. The van der Waals surface area contributed by atoms with Crippen molar-refractivity contribution in [2.24, 2.45) is 5.92 Å². The average Bonchev–Trinajstić information content (AvgIpc) is 2.47. The lowest BCUT2D eigenvalue weighted by molar-refractivity contribution is 0.0582. The van der Waals surface area contributed by atoms with E-state index >= 15 is 0 Å². The van der Waals surface area contributed by atoms with Gasteiger partial charge >= 0.3 is 0 Å². The number of hydrogen-bond donors (Lipinski definition) is 0. The molecule has 106 valence electrons. The summed E-state index contributed by atoms with van der Waals surface area (Å²) < 4.78 is 5.36. The highest BCUT2D eigenvalue weighted by Crippen LogP contribution is 2.20. The Hall–Kier alpha value is -1.50. The van der Waals surface area contributed by atoms with E-state index in [1.807, 2.05) is 4.90 Å². The zero-order valence-electron chi connectivity index (χ0n) is 11.3. The molecule has 2 rings (SSSR count). The molecule has 1 saturated heterocycles. The highest BCUT2D eigenvalue weighted by atomic mass is 35.5. The van der Waals surface area contributed by atoms with Crippen molar-refractivity contribution in [2.45, 2.75) is 12.8 Å². The lowest BCUT2D eigenvalue weighted by Gasteiger charge is -2.31. The predicted molar refractivity (Wildman–Crippen MR) is 79.7 cm³/mol. The number of nitrogens with zero attached hydrogens (tertiary/aromatic N) is 1. The number of carbonyl (C=O) groups excluding carboxylic acids is 1. The smallest absolute Gasteiger partial charge is 0.253 e.